The summed E-state index contributed by atoms with van der Waals surface area (Å²) < 4.78 is 10.4. The number of carbonyl (C=O) groups is 1. The van der Waals surface area contributed by atoms with E-state index in [1.54, 1.807) is 12.1 Å². The SMILES string of the molecule is O=C(CCOc1ccccc1Cl)NC1COC1. The van der Waals surface area contributed by atoms with Gasteiger partial charge in [-0.3, -0.25) is 4.79 Å². The average molecular weight is 256 g/mol. The van der Waals surface area contributed by atoms with E-state index in [0.29, 0.717) is 37.0 Å². The van der Waals surface area contributed by atoms with Crippen LogP contribution in [-0.2, 0) is 9.53 Å². The highest BCUT2D eigenvalue weighted by molar-refractivity contribution is 6.32. The Morgan fingerprint density at radius 1 is 1.47 bits per heavy atom. The van der Waals surface area contributed by atoms with Crippen LogP contribution in [0.2, 0.25) is 5.02 Å². The summed E-state index contributed by atoms with van der Waals surface area (Å²) in [5.41, 5.74) is 0. The summed E-state index contributed by atoms with van der Waals surface area (Å²) in [6.45, 7) is 1.54. The van der Waals surface area contributed by atoms with Crippen molar-refractivity contribution in [1.29, 1.82) is 0 Å². The van der Waals surface area contributed by atoms with Crippen molar-refractivity contribution >= 4 is 17.5 Å². The minimum atomic E-state index is -0.0228. The van der Waals surface area contributed by atoms with Crippen molar-refractivity contribution in [3.63, 3.8) is 0 Å². The van der Waals surface area contributed by atoms with Crippen molar-refractivity contribution in [2.75, 3.05) is 19.8 Å². The zero-order chi connectivity index (χ0) is 12.1. The van der Waals surface area contributed by atoms with Gasteiger partial charge in [-0.25, -0.2) is 0 Å². The highest BCUT2D eigenvalue weighted by Crippen LogP contribution is 2.22. The molecular weight excluding hydrogens is 242 g/mol. The Morgan fingerprint density at radius 2 is 2.24 bits per heavy atom. The molecule has 2 rings (SSSR count). The van der Waals surface area contributed by atoms with Gasteiger partial charge in [-0.1, -0.05) is 23.7 Å². The van der Waals surface area contributed by atoms with E-state index in [1.807, 2.05) is 12.1 Å². The highest BCUT2D eigenvalue weighted by atomic mass is 35.5. The molecule has 1 N–H and O–H groups in total. The zero-order valence-corrected chi connectivity index (χ0v) is 10.1. The normalized spacial score (nSPS) is 15.1. The summed E-state index contributed by atoms with van der Waals surface area (Å²) in [4.78, 5) is 11.4. The fourth-order valence-electron chi connectivity index (χ4n) is 1.43. The molecule has 1 heterocycles. The lowest BCUT2D eigenvalue weighted by Crippen LogP contribution is -2.48. The largest absolute Gasteiger partial charge is 0.491 e. The second kappa shape index (κ2) is 5.89. The molecule has 1 aromatic carbocycles. The van der Waals surface area contributed by atoms with Gasteiger partial charge in [0, 0.05) is 0 Å². The van der Waals surface area contributed by atoms with E-state index in [4.69, 9.17) is 21.1 Å². The Balaban J connectivity index is 1.68. The number of halogens is 1. The second-order valence-electron chi connectivity index (χ2n) is 3.83. The number of amides is 1. The lowest BCUT2D eigenvalue weighted by molar-refractivity contribution is -0.125. The van der Waals surface area contributed by atoms with E-state index in [1.165, 1.54) is 0 Å². The van der Waals surface area contributed by atoms with Gasteiger partial charge in [0.2, 0.25) is 5.91 Å². The van der Waals surface area contributed by atoms with E-state index >= 15 is 0 Å². The van der Waals surface area contributed by atoms with Gasteiger partial charge in [-0.2, -0.15) is 0 Å². The lowest BCUT2D eigenvalue weighted by atomic mass is 10.2. The summed E-state index contributed by atoms with van der Waals surface area (Å²) in [6, 6.07) is 7.37. The predicted molar refractivity (Wildman–Crippen MR) is 64.3 cm³/mol. The predicted octanol–water partition coefficient (Wildman–Crippen LogP) is 1.62. The number of carbonyl (C=O) groups excluding carboxylic acids is 1. The average Bonchev–Trinajstić information content (AvgIpc) is 2.26. The molecule has 0 spiro atoms. The molecule has 0 radical (unpaired) electrons. The number of para-hydroxylation sites is 1. The molecule has 1 aliphatic heterocycles. The maximum atomic E-state index is 11.4. The molecule has 1 aliphatic rings. The molecule has 1 amide bonds. The third kappa shape index (κ3) is 3.61. The molecule has 5 heteroatoms. The van der Waals surface area contributed by atoms with Gasteiger partial charge >= 0.3 is 0 Å². The fourth-order valence-corrected chi connectivity index (χ4v) is 1.62. The first-order valence-corrected chi connectivity index (χ1v) is 5.88. The lowest BCUT2D eigenvalue weighted by Gasteiger charge is -2.26. The van der Waals surface area contributed by atoms with Crippen LogP contribution in [0, 0.1) is 0 Å². The minimum absolute atomic E-state index is 0.0228. The first-order valence-electron chi connectivity index (χ1n) is 5.50. The van der Waals surface area contributed by atoms with Crippen molar-refractivity contribution in [3.05, 3.63) is 29.3 Å². The summed E-state index contributed by atoms with van der Waals surface area (Å²) in [5, 5.41) is 3.40. The van der Waals surface area contributed by atoms with Crippen LogP contribution in [0.4, 0.5) is 0 Å². The van der Waals surface area contributed by atoms with Crippen molar-refractivity contribution in [3.8, 4) is 5.75 Å². The third-order valence-electron chi connectivity index (χ3n) is 2.43. The summed E-state index contributed by atoms with van der Waals surface area (Å²) >= 11 is 5.91. The molecule has 1 fully saturated rings. The fraction of sp³-hybridized carbons (Fsp3) is 0.417. The zero-order valence-electron chi connectivity index (χ0n) is 9.32. The van der Waals surface area contributed by atoms with Crippen LogP contribution >= 0.6 is 11.6 Å². The van der Waals surface area contributed by atoms with Gasteiger partial charge in [0.25, 0.3) is 0 Å². The van der Waals surface area contributed by atoms with Crippen LogP contribution < -0.4 is 10.1 Å². The summed E-state index contributed by atoms with van der Waals surface area (Å²) in [7, 11) is 0. The molecule has 92 valence electrons. The number of nitrogens with one attached hydrogen (secondary N) is 1. The van der Waals surface area contributed by atoms with Crippen molar-refractivity contribution in [2.24, 2.45) is 0 Å². The Bertz CT molecular complexity index is 393. The molecule has 17 heavy (non-hydrogen) atoms. The first-order chi connectivity index (χ1) is 8.25. The molecule has 1 aromatic rings. The highest BCUT2D eigenvalue weighted by Gasteiger charge is 2.19. The molecule has 0 atom stereocenters. The quantitative estimate of drug-likeness (QED) is 0.870. The van der Waals surface area contributed by atoms with Crippen molar-refractivity contribution in [2.45, 2.75) is 12.5 Å². The summed E-state index contributed by atoms with van der Waals surface area (Å²) in [5.74, 6) is 0.583. The van der Waals surface area contributed by atoms with Crippen LogP contribution in [0.5, 0.6) is 5.75 Å². The molecule has 0 saturated carbocycles. The molecule has 0 aliphatic carbocycles. The Morgan fingerprint density at radius 3 is 2.88 bits per heavy atom. The van der Waals surface area contributed by atoms with E-state index in [-0.39, 0.29) is 11.9 Å². The smallest absolute Gasteiger partial charge is 0.223 e. The van der Waals surface area contributed by atoms with Gasteiger partial charge in [-0.15, -0.1) is 0 Å². The van der Waals surface area contributed by atoms with E-state index < -0.39 is 0 Å². The molecule has 0 bridgehead atoms. The van der Waals surface area contributed by atoms with Crippen LogP contribution in [0.3, 0.4) is 0 Å². The van der Waals surface area contributed by atoms with Gasteiger partial charge in [0.05, 0.1) is 37.3 Å². The van der Waals surface area contributed by atoms with E-state index in [0.717, 1.165) is 0 Å². The maximum absolute atomic E-state index is 11.4. The van der Waals surface area contributed by atoms with Gasteiger partial charge < -0.3 is 14.8 Å². The van der Waals surface area contributed by atoms with E-state index in [2.05, 4.69) is 5.32 Å². The molecule has 1 saturated heterocycles. The Hall–Kier alpha value is -1.26. The number of hydrogen-bond acceptors (Lipinski definition) is 3. The minimum Gasteiger partial charge on any atom is -0.491 e. The number of rotatable bonds is 5. The van der Waals surface area contributed by atoms with Crippen LogP contribution in [0.25, 0.3) is 0 Å². The summed E-state index contributed by atoms with van der Waals surface area (Å²) in [6.07, 6.45) is 0.321. The number of ether oxygens (including phenoxy) is 2. The standard InChI is InChI=1S/C12H14ClNO3/c13-10-3-1-2-4-11(10)17-6-5-12(15)14-9-7-16-8-9/h1-4,9H,5-8H2,(H,14,15). The van der Waals surface area contributed by atoms with Crippen LogP contribution in [0.15, 0.2) is 24.3 Å². The number of hydrogen-bond donors (Lipinski definition) is 1. The molecule has 4 nitrogen and oxygen atoms in total. The second-order valence-corrected chi connectivity index (χ2v) is 4.24. The number of benzene rings is 1. The van der Waals surface area contributed by atoms with Crippen molar-refractivity contribution < 1.29 is 14.3 Å². The Labute approximate surface area is 105 Å². The first kappa shape index (κ1) is 12.2. The molecular formula is C12H14ClNO3. The van der Waals surface area contributed by atoms with Gasteiger partial charge in [-0.05, 0) is 12.1 Å². The molecule has 0 aromatic heterocycles. The van der Waals surface area contributed by atoms with E-state index in [9.17, 15) is 4.79 Å². The molecule has 0 unspecified atom stereocenters. The monoisotopic (exact) mass is 255 g/mol. The van der Waals surface area contributed by atoms with Crippen molar-refractivity contribution in [1.82, 2.24) is 5.32 Å². The topological polar surface area (TPSA) is 47.6 Å². The van der Waals surface area contributed by atoms with Crippen LogP contribution in [-0.4, -0.2) is 31.8 Å². The van der Waals surface area contributed by atoms with Crippen LogP contribution in [0.1, 0.15) is 6.42 Å². The Kier molecular flexibility index (Phi) is 4.23. The van der Waals surface area contributed by atoms with Gasteiger partial charge in [0.15, 0.2) is 0 Å². The third-order valence-corrected chi connectivity index (χ3v) is 2.74. The van der Waals surface area contributed by atoms with Gasteiger partial charge in [0.1, 0.15) is 5.75 Å². The maximum Gasteiger partial charge on any atom is 0.223 e.